The van der Waals surface area contributed by atoms with Crippen LogP contribution in [-0.2, 0) is 11.6 Å². The van der Waals surface area contributed by atoms with Crippen LogP contribution in [0, 0.1) is 5.92 Å². The van der Waals surface area contributed by atoms with Crippen molar-refractivity contribution in [3.8, 4) is 44.9 Å². The number of carbonyl (C=O) groups is 1. The number of carbonyl (C=O) groups excluding carboxylic acids is 1. The van der Waals surface area contributed by atoms with Crippen molar-refractivity contribution in [3.63, 3.8) is 0 Å². The quantitative estimate of drug-likeness (QED) is 0.124. The standard InChI is InChI=1S/C66H60F3NO3/c1-5-6-8-11-41-14-16-42(17-15-41)43-18-20-44(21-19-43)45-22-24-49(25-23-45)64(71)70-52-32-26-46(27-33-52)50-30-37-58-57(38-50)60-54-36-31-51(66(67,68)69)39-56(54)63-61(62(60)65(58,2)3)55(47-12-9-7-10-13-47)40-59(73-63)48-28-34-53(72-4)35-29-48/h7,9-10,12-13,18-42,59H,5-6,8,11,14-17H2,1-4H3,(H,70,71). The lowest BCUT2D eigenvalue weighted by Gasteiger charge is -2.33. The Labute approximate surface area is 426 Å². The van der Waals surface area contributed by atoms with Gasteiger partial charge in [0, 0.05) is 27.6 Å². The lowest BCUT2D eigenvalue weighted by molar-refractivity contribution is -0.137. The first-order valence-electron chi connectivity index (χ1n) is 25.9. The maximum absolute atomic E-state index is 14.6. The van der Waals surface area contributed by atoms with Gasteiger partial charge < -0.3 is 14.8 Å². The summed E-state index contributed by atoms with van der Waals surface area (Å²) in [6.45, 7) is 6.66. The Kier molecular flexibility index (Phi) is 12.8. The second-order valence-corrected chi connectivity index (χ2v) is 20.8. The molecule has 0 aromatic heterocycles. The normalized spacial score (nSPS) is 17.7. The van der Waals surface area contributed by atoms with Gasteiger partial charge in [-0.2, -0.15) is 13.2 Å². The van der Waals surface area contributed by atoms with Gasteiger partial charge in [0.1, 0.15) is 17.6 Å². The van der Waals surface area contributed by atoms with E-state index in [9.17, 15) is 18.0 Å². The Morgan fingerprint density at radius 3 is 1.99 bits per heavy atom. The Hall–Kier alpha value is -7.38. The van der Waals surface area contributed by atoms with Crippen molar-refractivity contribution in [1.29, 1.82) is 0 Å². The van der Waals surface area contributed by atoms with Gasteiger partial charge in [0.2, 0.25) is 0 Å². The molecule has 8 aromatic rings. The Balaban J connectivity index is 0.868. The number of alkyl halides is 3. The molecular formula is C66H60F3NO3. The summed E-state index contributed by atoms with van der Waals surface area (Å²) in [6.07, 6.45) is 7.59. The van der Waals surface area contributed by atoms with E-state index in [1.165, 1.54) is 69.1 Å². The zero-order valence-corrected chi connectivity index (χ0v) is 41.9. The summed E-state index contributed by atoms with van der Waals surface area (Å²) in [5, 5.41) is 4.18. The smallest absolute Gasteiger partial charge is 0.416 e. The molecule has 1 aliphatic heterocycles. The second kappa shape index (κ2) is 19.6. The highest BCUT2D eigenvalue weighted by Crippen LogP contribution is 2.60. The number of nitrogens with one attached hydrogen (secondary N) is 1. The molecular weight excluding hydrogens is 912 g/mol. The molecule has 1 unspecified atom stereocenters. The van der Waals surface area contributed by atoms with Crippen LogP contribution in [0.4, 0.5) is 18.9 Å². The number of hydrogen-bond acceptors (Lipinski definition) is 3. The van der Waals surface area contributed by atoms with Crippen molar-refractivity contribution in [3.05, 3.63) is 214 Å². The number of methoxy groups -OCH3 is 1. The van der Waals surface area contributed by atoms with E-state index in [1.807, 2.05) is 103 Å². The molecule has 0 saturated heterocycles. The summed E-state index contributed by atoms with van der Waals surface area (Å²) >= 11 is 0. The number of halogens is 3. The minimum Gasteiger partial charge on any atom is -0.497 e. The average molecular weight is 972 g/mol. The molecule has 1 atom stereocenters. The molecule has 0 bridgehead atoms. The summed E-state index contributed by atoms with van der Waals surface area (Å²) in [7, 11) is 1.61. The third kappa shape index (κ3) is 9.24. The Bertz CT molecular complexity index is 3350. The molecule has 7 heteroatoms. The molecule has 368 valence electrons. The highest BCUT2D eigenvalue weighted by molar-refractivity contribution is 6.11. The molecule has 8 aromatic carbocycles. The van der Waals surface area contributed by atoms with Crippen LogP contribution in [0.2, 0.25) is 0 Å². The zero-order chi connectivity index (χ0) is 50.4. The van der Waals surface area contributed by atoms with Crippen molar-refractivity contribution >= 4 is 27.9 Å². The lowest BCUT2D eigenvalue weighted by Crippen LogP contribution is -2.21. The first-order chi connectivity index (χ1) is 35.4. The monoisotopic (exact) mass is 971 g/mol. The number of anilines is 1. The van der Waals surface area contributed by atoms with E-state index in [0.29, 0.717) is 39.4 Å². The summed E-state index contributed by atoms with van der Waals surface area (Å²) in [6, 6.07) is 52.7. The fourth-order valence-electron chi connectivity index (χ4n) is 11.9. The highest BCUT2D eigenvalue weighted by Gasteiger charge is 2.44. The van der Waals surface area contributed by atoms with Crippen molar-refractivity contribution in [2.24, 2.45) is 5.92 Å². The van der Waals surface area contributed by atoms with Crippen molar-refractivity contribution in [2.75, 3.05) is 12.4 Å². The van der Waals surface area contributed by atoms with Crippen LogP contribution in [0.3, 0.4) is 0 Å². The topological polar surface area (TPSA) is 47.6 Å². The molecule has 2 aliphatic carbocycles. The number of rotatable bonds is 12. The molecule has 0 spiro atoms. The lowest BCUT2D eigenvalue weighted by atomic mass is 9.75. The maximum atomic E-state index is 14.6. The fourth-order valence-corrected chi connectivity index (χ4v) is 11.9. The van der Waals surface area contributed by atoms with E-state index in [1.54, 1.807) is 13.2 Å². The number of ether oxygens (including phenoxy) is 2. The second-order valence-electron chi connectivity index (χ2n) is 20.8. The summed E-state index contributed by atoms with van der Waals surface area (Å²) < 4.78 is 56.3. The van der Waals surface area contributed by atoms with Gasteiger partial charge in [0.15, 0.2) is 0 Å². The number of hydrogen-bond donors (Lipinski definition) is 1. The summed E-state index contributed by atoms with van der Waals surface area (Å²) in [4.78, 5) is 13.6. The van der Waals surface area contributed by atoms with Crippen LogP contribution in [0.5, 0.6) is 11.5 Å². The SMILES string of the molecule is CCCCCC1CCC(c2ccc(-c3ccc(C(=O)Nc4ccc(-c5ccc6c(c5)-c5c(c7c(c8cc(C(F)(F)F)ccc58)OC(c5ccc(OC)cc5)C=C7c5ccccc5)C6(C)C)cc4)cc3)cc2)CC1. The van der Waals surface area contributed by atoms with E-state index < -0.39 is 23.3 Å². The third-order valence-corrected chi connectivity index (χ3v) is 15.9. The molecule has 1 saturated carbocycles. The van der Waals surface area contributed by atoms with Crippen molar-refractivity contribution in [1.82, 2.24) is 0 Å². The molecule has 0 radical (unpaired) electrons. The van der Waals surface area contributed by atoms with E-state index in [2.05, 4.69) is 74.6 Å². The average Bonchev–Trinajstić information content (AvgIpc) is 3.66. The molecule has 1 N–H and O–H groups in total. The van der Waals surface area contributed by atoms with Gasteiger partial charge in [0.05, 0.1) is 12.7 Å². The molecule has 1 heterocycles. The van der Waals surface area contributed by atoms with E-state index in [0.717, 1.165) is 72.7 Å². The number of benzene rings is 8. The minimum atomic E-state index is -4.57. The first-order valence-corrected chi connectivity index (χ1v) is 25.9. The largest absolute Gasteiger partial charge is 0.497 e. The number of fused-ring (bicyclic) bond motifs is 8. The van der Waals surface area contributed by atoms with Gasteiger partial charge in [-0.15, -0.1) is 0 Å². The van der Waals surface area contributed by atoms with E-state index in [-0.39, 0.29) is 5.91 Å². The molecule has 1 fully saturated rings. The van der Waals surface area contributed by atoms with Gasteiger partial charge in [-0.05, 0) is 170 Å². The fraction of sp³-hybridized carbons (Fsp3) is 0.258. The van der Waals surface area contributed by atoms with Crippen LogP contribution in [0.1, 0.15) is 133 Å². The third-order valence-electron chi connectivity index (χ3n) is 15.9. The molecule has 1 amide bonds. The van der Waals surface area contributed by atoms with Crippen LogP contribution in [-0.4, -0.2) is 13.0 Å². The summed E-state index contributed by atoms with van der Waals surface area (Å²) in [5.41, 5.74) is 12.9. The molecule has 4 nitrogen and oxygen atoms in total. The van der Waals surface area contributed by atoms with Gasteiger partial charge in [-0.25, -0.2) is 0 Å². The first kappa shape index (κ1) is 47.9. The Morgan fingerprint density at radius 2 is 1.32 bits per heavy atom. The maximum Gasteiger partial charge on any atom is 0.416 e. The van der Waals surface area contributed by atoms with E-state index >= 15 is 0 Å². The predicted molar refractivity (Wildman–Crippen MR) is 291 cm³/mol. The minimum absolute atomic E-state index is 0.191. The number of unbranched alkanes of at least 4 members (excludes halogenated alkanes) is 2. The van der Waals surface area contributed by atoms with Gasteiger partial charge in [0.25, 0.3) is 5.91 Å². The zero-order valence-electron chi connectivity index (χ0n) is 41.9. The molecule has 11 rings (SSSR count). The predicted octanol–water partition coefficient (Wildman–Crippen LogP) is 18.2. The highest BCUT2D eigenvalue weighted by atomic mass is 19.4. The summed E-state index contributed by atoms with van der Waals surface area (Å²) in [5.74, 6) is 2.48. The molecule has 73 heavy (non-hydrogen) atoms. The van der Waals surface area contributed by atoms with Crippen LogP contribution in [0.15, 0.2) is 170 Å². The van der Waals surface area contributed by atoms with Crippen LogP contribution < -0.4 is 14.8 Å². The van der Waals surface area contributed by atoms with E-state index in [4.69, 9.17) is 9.47 Å². The van der Waals surface area contributed by atoms with Crippen molar-refractivity contribution < 1.29 is 27.4 Å². The Morgan fingerprint density at radius 1 is 0.671 bits per heavy atom. The van der Waals surface area contributed by atoms with Gasteiger partial charge in [-0.3, -0.25) is 4.79 Å². The van der Waals surface area contributed by atoms with Crippen LogP contribution in [0.25, 0.3) is 49.7 Å². The van der Waals surface area contributed by atoms with Gasteiger partial charge in [-0.1, -0.05) is 156 Å². The van der Waals surface area contributed by atoms with Crippen molar-refractivity contribution in [2.45, 2.75) is 95.8 Å². The van der Waals surface area contributed by atoms with Crippen LogP contribution >= 0.6 is 0 Å². The van der Waals surface area contributed by atoms with Gasteiger partial charge >= 0.3 is 6.18 Å². The number of amides is 1. The molecule has 3 aliphatic rings.